The van der Waals surface area contributed by atoms with Crippen LogP contribution in [-0.2, 0) is 5.41 Å². The smallest absolute Gasteiger partial charge is 0.0272 e. The second-order valence-electron chi connectivity index (χ2n) is 16.4. The summed E-state index contributed by atoms with van der Waals surface area (Å²) in [6.45, 7) is 0. The predicted octanol–water partition coefficient (Wildman–Crippen LogP) is 13.9. The molecule has 52 heavy (non-hydrogen) atoms. The normalized spacial score (nSPS) is 23.8. The molecule has 0 atom stereocenters. The molecule has 0 aromatic heterocycles. The highest BCUT2D eigenvalue weighted by molar-refractivity contribution is 6.22. The molecule has 8 aromatic rings. The van der Waals surface area contributed by atoms with Crippen molar-refractivity contribution in [2.45, 2.75) is 37.5 Å². The van der Waals surface area contributed by atoms with E-state index in [1.165, 1.54) is 109 Å². The van der Waals surface area contributed by atoms with Crippen LogP contribution in [0.3, 0.4) is 0 Å². The lowest BCUT2D eigenvalue weighted by atomic mass is 9.43. The first-order valence-electron chi connectivity index (χ1n) is 19.5. The average Bonchev–Trinajstić information content (AvgIpc) is 3.50. The number of benzene rings is 8. The van der Waals surface area contributed by atoms with Gasteiger partial charge in [0.05, 0.1) is 0 Å². The van der Waals surface area contributed by atoms with Crippen molar-refractivity contribution in [2.24, 2.45) is 23.7 Å². The van der Waals surface area contributed by atoms with Crippen molar-refractivity contribution in [3.05, 3.63) is 169 Å². The van der Waals surface area contributed by atoms with Crippen molar-refractivity contribution in [2.75, 3.05) is 0 Å². The van der Waals surface area contributed by atoms with Crippen LogP contribution in [-0.4, -0.2) is 0 Å². The van der Waals surface area contributed by atoms with Gasteiger partial charge in [0, 0.05) is 5.41 Å². The molecular formula is C52H40. The van der Waals surface area contributed by atoms with Gasteiger partial charge in [-0.1, -0.05) is 152 Å². The molecule has 4 bridgehead atoms. The van der Waals surface area contributed by atoms with E-state index in [1.807, 2.05) is 0 Å². The summed E-state index contributed by atoms with van der Waals surface area (Å²) in [4.78, 5) is 0. The van der Waals surface area contributed by atoms with E-state index in [2.05, 4.69) is 158 Å². The molecule has 248 valence electrons. The number of hydrogen-bond donors (Lipinski definition) is 0. The van der Waals surface area contributed by atoms with E-state index < -0.39 is 0 Å². The fourth-order valence-corrected chi connectivity index (χ4v) is 12.3. The van der Waals surface area contributed by atoms with Crippen molar-refractivity contribution in [1.29, 1.82) is 0 Å². The van der Waals surface area contributed by atoms with Crippen molar-refractivity contribution >= 4 is 32.3 Å². The van der Waals surface area contributed by atoms with Gasteiger partial charge in [0.25, 0.3) is 0 Å². The van der Waals surface area contributed by atoms with Crippen molar-refractivity contribution in [1.82, 2.24) is 0 Å². The highest BCUT2D eigenvalue weighted by Crippen LogP contribution is 2.69. The first-order valence-corrected chi connectivity index (χ1v) is 19.5. The van der Waals surface area contributed by atoms with Gasteiger partial charge in [-0.2, -0.15) is 0 Å². The SMILES string of the molecule is c1ccc(-c2ccc(-c3c4ccccc4c(-c4ccc5c6c(ccc5c4)C4(c5ccccc5-6)C5CC6CC(C5)CC4C6)c4ccccc34)cc2)cc1. The molecule has 13 rings (SSSR count). The summed E-state index contributed by atoms with van der Waals surface area (Å²) in [5, 5.41) is 7.98. The minimum atomic E-state index is 0.202. The second kappa shape index (κ2) is 10.8. The molecule has 0 nitrogen and oxygen atoms in total. The molecule has 4 fully saturated rings. The molecule has 0 aliphatic heterocycles. The molecule has 0 radical (unpaired) electrons. The van der Waals surface area contributed by atoms with E-state index in [1.54, 1.807) is 11.1 Å². The molecule has 8 aromatic carbocycles. The van der Waals surface area contributed by atoms with Crippen LogP contribution in [0.5, 0.6) is 0 Å². The molecule has 0 heteroatoms. The van der Waals surface area contributed by atoms with Gasteiger partial charge >= 0.3 is 0 Å². The third kappa shape index (κ3) is 3.88. The topological polar surface area (TPSA) is 0 Å². The first kappa shape index (κ1) is 29.2. The third-order valence-corrected chi connectivity index (χ3v) is 14.0. The van der Waals surface area contributed by atoms with Crippen LogP contribution in [0.15, 0.2) is 158 Å². The van der Waals surface area contributed by atoms with Crippen LogP contribution >= 0.6 is 0 Å². The maximum absolute atomic E-state index is 2.57. The van der Waals surface area contributed by atoms with E-state index in [-0.39, 0.29) is 5.41 Å². The lowest BCUT2D eigenvalue weighted by Crippen LogP contribution is -2.55. The zero-order valence-electron chi connectivity index (χ0n) is 29.4. The van der Waals surface area contributed by atoms with E-state index >= 15 is 0 Å². The Morgan fingerprint density at radius 2 is 0.865 bits per heavy atom. The molecule has 0 unspecified atom stereocenters. The van der Waals surface area contributed by atoms with E-state index in [0.717, 1.165) is 23.7 Å². The standard InChI is InChI=1S/C52H40/c1-2-10-34(11-3-1)35-18-20-36(21-19-35)49-42-12-4-6-14-44(42)50(45-15-7-5-13-43(45)49)38-22-24-41-37(31-38)23-25-48-51(41)46-16-8-9-17-47(46)52(48)39-27-32-26-33(29-39)30-40(52)28-32/h1-25,31-33,39-40H,26-30H2. The maximum atomic E-state index is 2.57. The van der Waals surface area contributed by atoms with Crippen LogP contribution in [0.2, 0.25) is 0 Å². The van der Waals surface area contributed by atoms with Crippen LogP contribution in [0.25, 0.3) is 76.8 Å². The Hall–Kier alpha value is -5.46. The summed E-state index contributed by atoms with van der Waals surface area (Å²) < 4.78 is 0. The molecule has 0 N–H and O–H groups in total. The Bertz CT molecular complexity index is 2650. The van der Waals surface area contributed by atoms with Crippen LogP contribution < -0.4 is 0 Å². The zero-order valence-corrected chi connectivity index (χ0v) is 29.4. The minimum absolute atomic E-state index is 0.202. The Kier molecular flexibility index (Phi) is 6.04. The number of fused-ring (bicyclic) bond motifs is 7. The number of hydrogen-bond acceptors (Lipinski definition) is 0. The van der Waals surface area contributed by atoms with Crippen LogP contribution in [0.1, 0.15) is 43.2 Å². The molecule has 0 amide bonds. The Morgan fingerprint density at radius 3 is 1.52 bits per heavy atom. The van der Waals surface area contributed by atoms with Gasteiger partial charge in [0.1, 0.15) is 0 Å². The summed E-state index contributed by atoms with van der Waals surface area (Å²) in [7, 11) is 0. The molecule has 5 aliphatic carbocycles. The average molecular weight is 665 g/mol. The summed E-state index contributed by atoms with van der Waals surface area (Å²) in [5.74, 6) is 3.48. The Morgan fingerprint density at radius 1 is 0.346 bits per heavy atom. The van der Waals surface area contributed by atoms with Crippen molar-refractivity contribution in [3.8, 4) is 44.5 Å². The molecule has 0 heterocycles. The van der Waals surface area contributed by atoms with E-state index in [4.69, 9.17) is 0 Å². The van der Waals surface area contributed by atoms with Gasteiger partial charge in [-0.3, -0.25) is 0 Å². The number of rotatable bonds is 3. The largest absolute Gasteiger partial charge is 0.0622 e. The summed E-state index contributed by atoms with van der Waals surface area (Å²) in [6, 6.07) is 59.9. The monoisotopic (exact) mass is 664 g/mol. The zero-order chi connectivity index (χ0) is 34.0. The Labute approximate surface area is 305 Å². The highest BCUT2D eigenvalue weighted by atomic mass is 14.6. The molecule has 1 spiro atoms. The lowest BCUT2D eigenvalue weighted by molar-refractivity contribution is -0.0399. The quantitative estimate of drug-likeness (QED) is 0.165. The van der Waals surface area contributed by atoms with Crippen LogP contribution in [0.4, 0.5) is 0 Å². The van der Waals surface area contributed by atoms with Gasteiger partial charge < -0.3 is 0 Å². The molecule has 5 aliphatic rings. The molecule has 0 saturated heterocycles. The summed E-state index contributed by atoms with van der Waals surface area (Å²) >= 11 is 0. The molecule has 4 saturated carbocycles. The van der Waals surface area contributed by atoms with Crippen molar-refractivity contribution in [3.63, 3.8) is 0 Å². The lowest BCUT2D eigenvalue weighted by Gasteiger charge is -2.61. The first-order chi connectivity index (χ1) is 25.8. The van der Waals surface area contributed by atoms with Gasteiger partial charge in [0.2, 0.25) is 0 Å². The van der Waals surface area contributed by atoms with Gasteiger partial charge in [-0.15, -0.1) is 0 Å². The van der Waals surface area contributed by atoms with E-state index in [9.17, 15) is 0 Å². The summed E-state index contributed by atoms with van der Waals surface area (Å²) in [5.41, 5.74) is 14.2. The van der Waals surface area contributed by atoms with Gasteiger partial charge in [-0.25, -0.2) is 0 Å². The molecular weight excluding hydrogens is 625 g/mol. The van der Waals surface area contributed by atoms with Crippen molar-refractivity contribution < 1.29 is 0 Å². The fraction of sp³-hybridized carbons (Fsp3) is 0.192. The fourth-order valence-electron chi connectivity index (χ4n) is 12.3. The third-order valence-electron chi connectivity index (χ3n) is 14.0. The van der Waals surface area contributed by atoms with Crippen LogP contribution in [0, 0.1) is 23.7 Å². The maximum Gasteiger partial charge on any atom is 0.0272 e. The minimum Gasteiger partial charge on any atom is -0.0622 e. The Balaban J connectivity index is 1.05. The van der Waals surface area contributed by atoms with Gasteiger partial charge in [-0.05, 0) is 150 Å². The van der Waals surface area contributed by atoms with E-state index in [0.29, 0.717) is 0 Å². The summed E-state index contributed by atoms with van der Waals surface area (Å²) in [6.07, 6.45) is 7.18. The second-order valence-corrected chi connectivity index (χ2v) is 16.4. The highest BCUT2D eigenvalue weighted by Gasteiger charge is 2.61. The van der Waals surface area contributed by atoms with Gasteiger partial charge in [0.15, 0.2) is 0 Å². The predicted molar refractivity (Wildman–Crippen MR) is 219 cm³/mol.